The van der Waals surface area contributed by atoms with Crippen molar-refractivity contribution in [2.75, 3.05) is 16.8 Å². The second kappa shape index (κ2) is 7.56. The number of aryl methyl sites for hydroxylation is 1. The highest BCUT2D eigenvalue weighted by Crippen LogP contribution is 2.15. The number of nitrogens with zero attached hydrogens (tertiary/aromatic N) is 4. The molecule has 5 N–H and O–H groups in total. The van der Waals surface area contributed by atoms with Crippen molar-refractivity contribution in [2.24, 2.45) is 0 Å². The van der Waals surface area contributed by atoms with E-state index < -0.39 is 0 Å². The van der Waals surface area contributed by atoms with Crippen LogP contribution in [0.15, 0.2) is 42.9 Å². The Morgan fingerprint density at radius 3 is 2.73 bits per heavy atom. The van der Waals surface area contributed by atoms with Gasteiger partial charge in [-0.1, -0.05) is 0 Å². The lowest BCUT2D eigenvalue weighted by Gasteiger charge is -2.09. The standard InChI is InChI=1S/C18H19N7O/c1-11-9-24-16(18(20)25-11)15(26)8-12-4-6-21-13(7-12)10-23-14-3-2-5-22-17(14)19/h2-7,9,23H,8,10H2,1H3,(H2,19,22)(H2,20,25). The molecule has 0 aromatic carbocycles. The highest BCUT2D eigenvalue weighted by atomic mass is 16.1. The first-order chi connectivity index (χ1) is 12.5. The van der Waals surface area contributed by atoms with Crippen LogP contribution >= 0.6 is 0 Å². The van der Waals surface area contributed by atoms with Gasteiger partial charge in [-0.15, -0.1) is 0 Å². The van der Waals surface area contributed by atoms with Gasteiger partial charge in [0.25, 0.3) is 0 Å². The van der Waals surface area contributed by atoms with E-state index in [0.717, 1.165) is 16.9 Å². The number of hydrogen-bond donors (Lipinski definition) is 3. The summed E-state index contributed by atoms with van der Waals surface area (Å²) in [5.74, 6) is 0.391. The van der Waals surface area contributed by atoms with Gasteiger partial charge in [-0.2, -0.15) is 0 Å². The third-order valence-electron chi connectivity index (χ3n) is 3.73. The van der Waals surface area contributed by atoms with Crippen LogP contribution < -0.4 is 16.8 Å². The Morgan fingerprint density at radius 2 is 1.96 bits per heavy atom. The molecule has 8 nitrogen and oxygen atoms in total. The van der Waals surface area contributed by atoms with E-state index >= 15 is 0 Å². The SMILES string of the molecule is Cc1cnc(C(=O)Cc2ccnc(CNc3cccnc3N)c2)c(N)n1. The number of nitrogen functional groups attached to an aromatic ring is 2. The number of rotatable bonds is 6. The van der Waals surface area contributed by atoms with Crippen LogP contribution in [0, 0.1) is 6.92 Å². The van der Waals surface area contributed by atoms with E-state index in [1.165, 1.54) is 6.20 Å². The molecule has 0 fully saturated rings. The number of aromatic nitrogens is 4. The molecular weight excluding hydrogens is 330 g/mol. The number of hydrogen-bond acceptors (Lipinski definition) is 8. The molecule has 0 spiro atoms. The fourth-order valence-electron chi connectivity index (χ4n) is 2.47. The Bertz CT molecular complexity index is 942. The zero-order valence-corrected chi connectivity index (χ0v) is 14.3. The van der Waals surface area contributed by atoms with Crippen molar-refractivity contribution in [2.45, 2.75) is 19.9 Å². The van der Waals surface area contributed by atoms with E-state index in [1.807, 2.05) is 12.1 Å². The molecule has 3 heterocycles. The number of Topliss-reactive ketones (excluding diaryl/α,β-unsaturated/α-hetero) is 1. The highest BCUT2D eigenvalue weighted by Gasteiger charge is 2.14. The average molecular weight is 349 g/mol. The summed E-state index contributed by atoms with van der Waals surface area (Å²) >= 11 is 0. The summed E-state index contributed by atoms with van der Waals surface area (Å²) in [5, 5.41) is 3.18. The molecule has 0 saturated carbocycles. The van der Waals surface area contributed by atoms with Crippen LogP contribution in [-0.4, -0.2) is 25.7 Å². The molecule has 0 saturated heterocycles. The van der Waals surface area contributed by atoms with E-state index in [9.17, 15) is 4.79 Å². The van der Waals surface area contributed by atoms with E-state index in [2.05, 4.69) is 25.3 Å². The van der Waals surface area contributed by atoms with Gasteiger partial charge in [-0.05, 0) is 36.8 Å². The van der Waals surface area contributed by atoms with E-state index in [4.69, 9.17) is 11.5 Å². The second-order valence-corrected chi connectivity index (χ2v) is 5.79. The van der Waals surface area contributed by atoms with Gasteiger partial charge < -0.3 is 16.8 Å². The molecule has 3 aromatic heterocycles. The van der Waals surface area contributed by atoms with E-state index in [0.29, 0.717) is 18.1 Å². The minimum atomic E-state index is -0.184. The first kappa shape index (κ1) is 17.3. The first-order valence-corrected chi connectivity index (χ1v) is 8.03. The van der Waals surface area contributed by atoms with Crippen molar-refractivity contribution >= 4 is 23.1 Å². The van der Waals surface area contributed by atoms with Crippen molar-refractivity contribution in [1.29, 1.82) is 0 Å². The summed E-state index contributed by atoms with van der Waals surface area (Å²) in [6.45, 7) is 2.24. The Balaban J connectivity index is 1.69. The lowest BCUT2D eigenvalue weighted by atomic mass is 10.1. The summed E-state index contributed by atoms with van der Waals surface area (Å²) in [6.07, 6.45) is 5.00. The highest BCUT2D eigenvalue weighted by molar-refractivity contribution is 5.99. The van der Waals surface area contributed by atoms with Crippen LogP contribution in [0.5, 0.6) is 0 Å². The Kier molecular flexibility index (Phi) is 5.02. The van der Waals surface area contributed by atoms with Crippen molar-refractivity contribution < 1.29 is 4.79 Å². The largest absolute Gasteiger partial charge is 0.382 e. The van der Waals surface area contributed by atoms with Gasteiger partial charge in [0.15, 0.2) is 11.6 Å². The number of anilines is 3. The van der Waals surface area contributed by atoms with Gasteiger partial charge in [0.1, 0.15) is 11.5 Å². The van der Waals surface area contributed by atoms with Gasteiger partial charge in [0, 0.05) is 25.0 Å². The monoisotopic (exact) mass is 349 g/mol. The lowest BCUT2D eigenvalue weighted by Crippen LogP contribution is -2.12. The molecule has 8 heteroatoms. The quantitative estimate of drug-likeness (QED) is 0.574. The van der Waals surface area contributed by atoms with Gasteiger partial charge >= 0.3 is 0 Å². The average Bonchev–Trinajstić information content (AvgIpc) is 2.61. The zero-order valence-electron chi connectivity index (χ0n) is 14.3. The molecule has 3 rings (SSSR count). The number of ketones is 1. The topological polar surface area (TPSA) is 133 Å². The summed E-state index contributed by atoms with van der Waals surface area (Å²) in [6, 6.07) is 7.29. The Labute approximate surface area is 150 Å². The lowest BCUT2D eigenvalue weighted by molar-refractivity contribution is 0.0989. The minimum Gasteiger partial charge on any atom is -0.382 e. The van der Waals surface area contributed by atoms with Gasteiger partial charge in [0.2, 0.25) is 0 Å². The molecule has 0 atom stereocenters. The molecule has 26 heavy (non-hydrogen) atoms. The number of pyridine rings is 2. The Morgan fingerprint density at radius 1 is 1.12 bits per heavy atom. The summed E-state index contributed by atoms with van der Waals surface area (Å²) in [4.78, 5) is 28.9. The van der Waals surface area contributed by atoms with Gasteiger partial charge in [-0.25, -0.2) is 15.0 Å². The predicted molar refractivity (Wildman–Crippen MR) is 99.4 cm³/mol. The van der Waals surface area contributed by atoms with Crippen LogP contribution in [-0.2, 0) is 13.0 Å². The van der Waals surface area contributed by atoms with Crippen molar-refractivity contribution in [1.82, 2.24) is 19.9 Å². The normalized spacial score (nSPS) is 10.5. The molecule has 0 unspecified atom stereocenters. The fraction of sp³-hybridized carbons (Fsp3) is 0.167. The summed E-state index contributed by atoms with van der Waals surface area (Å²) in [5.41, 5.74) is 14.8. The smallest absolute Gasteiger partial charge is 0.189 e. The molecule has 0 radical (unpaired) electrons. The molecular formula is C18H19N7O. The third-order valence-corrected chi connectivity index (χ3v) is 3.73. The number of carbonyl (C=O) groups excluding carboxylic acids is 1. The summed E-state index contributed by atoms with van der Waals surface area (Å²) in [7, 11) is 0. The maximum Gasteiger partial charge on any atom is 0.189 e. The van der Waals surface area contributed by atoms with Crippen molar-refractivity contribution in [3.63, 3.8) is 0 Å². The predicted octanol–water partition coefficient (Wildman–Crippen LogP) is 1.78. The Hall–Kier alpha value is -3.55. The zero-order chi connectivity index (χ0) is 18.5. The molecule has 132 valence electrons. The van der Waals surface area contributed by atoms with Crippen LogP contribution in [0.25, 0.3) is 0 Å². The second-order valence-electron chi connectivity index (χ2n) is 5.79. The molecule has 0 amide bonds. The molecule has 0 bridgehead atoms. The first-order valence-electron chi connectivity index (χ1n) is 8.03. The van der Waals surface area contributed by atoms with E-state index in [-0.39, 0.29) is 23.7 Å². The van der Waals surface area contributed by atoms with E-state index in [1.54, 1.807) is 31.5 Å². The van der Waals surface area contributed by atoms with Crippen LogP contribution in [0.3, 0.4) is 0 Å². The number of carbonyl (C=O) groups is 1. The van der Waals surface area contributed by atoms with Gasteiger partial charge in [-0.3, -0.25) is 9.78 Å². The summed E-state index contributed by atoms with van der Waals surface area (Å²) < 4.78 is 0. The minimum absolute atomic E-state index is 0.151. The fourth-order valence-corrected chi connectivity index (χ4v) is 2.47. The van der Waals surface area contributed by atoms with Crippen LogP contribution in [0.4, 0.5) is 17.3 Å². The van der Waals surface area contributed by atoms with Crippen molar-refractivity contribution in [3.05, 3.63) is 65.5 Å². The maximum atomic E-state index is 12.4. The molecule has 3 aromatic rings. The maximum absolute atomic E-state index is 12.4. The molecule has 0 aliphatic heterocycles. The van der Waals surface area contributed by atoms with Crippen LogP contribution in [0.2, 0.25) is 0 Å². The van der Waals surface area contributed by atoms with Crippen molar-refractivity contribution in [3.8, 4) is 0 Å². The van der Waals surface area contributed by atoms with Gasteiger partial charge in [0.05, 0.1) is 23.6 Å². The van der Waals surface area contributed by atoms with Crippen LogP contribution in [0.1, 0.15) is 27.4 Å². The molecule has 0 aliphatic rings. The number of nitrogens with one attached hydrogen (secondary N) is 1. The molecule has 0 aliphatic carbocycles. The number of nitrogens with two attached hydrogens (primary N) is 2. The third kappa shape index (κ3) is 4.10.